The summed E-state index contributed by atoms with van der Waals surface area (Å²) < 4.78 is 0. The molecule has 0 saturated carbocycles. The van der Waals surface area contributed by atoms with Crippen molar-refractivity contribution in [3.8, 4) is 77.9 Å². The Morgan fingerprint density at radius 2 is 0.758 bits per heavy atom. The van der Waals surface area contributed by atoms with E-state index in [-0.39, 0.29) is 5.41 Å². The van der Waals surface area contributed by atoms with Crippen LogP contribution >= 0.6 is 0 Å². The second kappa shape index (κ2) is 14.2. The van der Waals surface area contributed by atoms with Crippen molar-refractivity contribution in [2.24, 2.45) is 0 Å². The number of nitrogens with zero attached hydrogens (tertiary/aromatic N) is 1. The smallest absolute Gasteiger partial charge is 0.0543 e. The molecule has 0 heterocycles. The number of rotatable bonds is 7. The molecule has 0 bridgehead atoms. The van der Waals surface area contributed by atoms with Crippen LogP contribution in [0.15, 0.2) is 224 Å². The maximum atomic E-state index is 2.46. The van der Waals surface area contributed by atoms with Gasteiger partial charge in [-0.2, -0.15) is 0 Å². The molecule has 0 radical (unpaired) electrons. The molecule has 0 unspecified atom stereocenters. The lowest BCUT2D eigenvalue weighted by atomic mass is 9.82. The number of anilines is 3. The number of hydrogen-bond donors (Lipinski definition) is 0. The molecule has 1 nitrogen and oxygen atoms in total. The average Bonchev–Trinajstić information content (AvgIpc) is 3.79. The Morgan fingerprint density at radius 1 is 0.306 bits per heavy atom. The van der Waals surface area contributed by atoms with Gasteiger partial charge in [0, 0.05) is 22.4 Å². The van der Waals surface area contributed by atoms with Crippen LogP contribution in [-0.4, -0.2) is 0 Å². The zero-order valence-corrected chi connectivity index (χ0v) is 34.8. The van der Waals surface area contributed by atoms with Crippen LogP contribution in [0, 0.1) is 0 Å². The van der Waals surface area contributed by atoms with Gasteiger partial charge < -0.3 is 4.90 Å². The first-order chi connectivity index (χ1) is 30.5. The van der Waals surface area contributed by atoms with E-state index in [0.29, 0.717) is 0 Å². The third kappa shape index (κ3) is 5.70. The first-order valence-corrected chi connectivity index (χ1v) is 21.7. The summed E-state index contributed by atoms with van der Waals surface area (Å²) in [6.45, 7) is 4.72. The van der Waals surface area contributed by atoms with Crippen molar-refractivity contribution < 1.29 is 0 Å². The highest BCUT2D eigenvalue weighted by Crippen LogP contribution is 2.55. The fourth-order valence-electron chi connectivity index (χ4n) is 10.4. The summed E-state index contributed by atoms with van der Waals surface area (Å²) in [6.07, 6.45) is 0. The first kappa shape index (κ1) is 36.1. The lowest BCUT2D eigenvalue weighted by Gasteiger charge is -2.29. The molecule has 2 aliphatic carbocycles. The van der Waals surface area contributed by atoms with Gasteiger partial charge in [0.15, 0.2) is 0 Å². The van der Waals surface area contributed by atoms with Crippen LogP contribution in [0.25, 0.3) is 88.7 Å². The van der Waals surface area contributed by atoms with E-state index in [2.05, 4.69) is 243 Å². The second-order valence-electron chi connectivity index (χ2n) is 17.3. The van der Waals surface area contributed by atoms with E-state index >= 15 is 0 Å². The monoisotopic (exact) mass is 789 g/mol. The molecular weight excluding hydrogens is 747 g/mol. The van der Waals surface area contributed by atoms with E-state index in [9.17, 15) is 0 Å². The summed E-state index contributed by atoms with van der Waals surface area (Å²) in [6, 6.07) is 82.8. The Morgan fingerprint density at radius 3 is 1.37 bits per heavy atom. The van der Waals surface area contributed by atoms with Crippen LogP contribution < -0.4 is 4.90 Å². The van der Waals surface area contributed by atoms with Gasteiger partial charge in [-0.3, -0.25) is 0 Å². The molecule has 0 aliphatic heterocycles. The highest BCUT2D eigenvalue weighted by Gasteiger charge is 2.37. The van der Waals surface area contributed by atoms with Gasteiger partial charge in [0.1, 0.15) is 0 Å². The van der Waals surface area contributed by atoms with Gasteiger partial charge in [0.05, 0.1) is 5.69 Å². The standard InChI is InChI=1S/C61H43N/c1-61(2)56-24-12-11-21-55(56)60-57(61)25-14-26-58(60)62(48-33-29-43(30-34-48)49-35-36-54-51-20-10-9-19-50(51)53-23-13-22-52(49)59(53)54)47-31-27-42(28-32-47)46-38-44(40-15-5-3-6-16-40)37-45(39-46)41-17-7-4-8-18-41/h3-39H,1-2H3. The van der Waals surface area contributed by atoms with Crippen molar-refractivity contribution in [3.63, 3.8) is 0 Å². The lowest BCUT2D eigenvalue weighted by molar-refractivity contribution is 0.660. The maximum Gasteiger partial charge on any atom is 0.0543 e. The molecule has 2 aliphatic rings. The van der Waals surface area contributed by atoms with Gasteiger partial charge in [-0.05, 0) is 143 Å². The quantitative estimate of drug-likeness (QED) is 0.155. The van der Waals surface area contributed by atoms with Crippen LogP contribution in [-0.2, 0) is 5.41 Å². The van der Waals surface area contributed by atoms with Crippen LogP contribution in [0.5, 0.6) is 0 Å². The van der Waals surface area contributed by atoms with E-state index in [1.807, 2.05) is 0 Å². The van der Waals surface area contributed by atoms with Crippen LogP contribution in [0.1, 0.15) is 25.0 Å². The van der Waals surface area contributed by atoms with E-state index in [0.717, 1.165) is 11.4 Å². The van der Waals surface area contributed by atoms with Crippen LogP contribution in [0.3, 0.4) is 0 Å². The number of benzene rings is 10. The second-order valence-corrected chi connectivity index (χ2v) is 17.3. The summed E-state index contributed by atoms with van der Waals surface area (Å²) in [4.78, 5) is 2.46. The third-order valence-corrected chi connectivity index (χ3v) is 13.4. The molecule has 1 heteroatoms. The Balaban J connectivity index is 0.992. The Hall–Kier alpha value is -7.74. The SMILES string of the molecule is CC1(C)c2ccccc2-c2c(N(c3ccc(-c4cc(-c5ccccc5)cc(-c5ccccc5)c4)cc3)c3ccc(-c4ccc5c6c(cccc46)-c4ccccc4-5)cc3)cccc21. The van der Waals surface area contributed by atoms with Crippen LogP contribution in [0.4, 0.5) is 17.1 Å². The minimum atomic E-state index is -0.114. The minimum Gasteiger partial charge on any atom is -0.310 e. The van der Waals surface area contributed by atoms with Crippen molar-refractivity contribution >= 4 is 27.8 Å². The number of fused-ring (bicyclic) bond motifs is 6. The molecule has 10 aromatic carbocycles. The average molecular weight is 790 g/mol. The third-order valence-electron chi connectivity index (χ3n) is 13.4. The molecule has 0 amide bonds. The first-order valence-electron chi connectivity index (χ1n) is 21.7. The van der Waals surface area contributed by atoms with Gasteiger partial charge in [-0.25, -0.2) is 0 Å². The fourth-order valence-corrected chi connectivity index (χ4v) is 10.4. The van der Waals surface area contributed by atoms with E-state index < -0.39 is 0 Å². The van der Waals surface area contributed by atoms with Crippen molar-refractivity contribution in [1.29, 1.82) is 0 Å². The summed E-state index contributed by atoms with van der Waals surface area (Å²) >= 11 is 0. The Kier molecular flexibility index (Phi) is 8.27. The molecule has 0 atom stereocenters. The van der Waals surface area contributed by atoms with Crippen molar-refractivity contribution in [2.45, 2.75) is 19.3 Å². The molecular formula is C61H43N. The molecule has 0 aromatic heterocycles. The molecule has 0 fully saturated rings. The topological polar surface area (TPSA) is 3.24 Å². The highest BCUT2D eigenvalue weighted by molar-refractivity contribution is 6.18. The largest absolute Gasteiger partial charge is 0.310 e. The summed E-state index contributed by atoms with van der Waals surface area (Å²) in [5, 5.41) is 2.64. The van der Waals surface area contributed by atoms with Gasteiger partial charge >= 0.3 is 0 Å². The molecule has 62 heavy (non-hydrogen) atoms. The predicted octanol–water partition coefficient (Wildman–Crippen LogP) is 16.9. The number of hydrogen-bond acceptors (Lipinski definition) is 1. The minimum absolute atomic E-state index is 0.114. The molecule has 10 aromatic rings. The summed E-state index contributed by atoms with van der Waals surface area (Å²) in [5.41, 5.74) is 23.6. The molecule has 0 saturated heterocycles. The van der Waals surface area contributed by atoms with Gasteiger partial charge in [0.2, 0.25) is 0 Å². The van der Waals surface area contributed by atoms with Crippen LogP contribution in [0.2, 0.25) is 0 Å². The van der Waals surface area contributed by atoms with Gasteiger partial charge in [-0.1, -0.05) is 190 Å². The zero-order chi connectivity index (χ0) is 41.4. The Labute approximate surface area is 363 Å². The lowest BCUT2D eigenvalue weighted by Crippen LogP contribution is -2.16. The van der Waals surface area contributed by atoms with Crippen molar-refractivity contribution in [1.82, 2.24) is 0 Å². The van der Waals surface area contributed by atoms with E-state index in [1.54, 1.807) is 0 Å². The van der Waals surface area contributed by atoms with E-state index in [4.69, 9.17) is 0 Å². The summed E-state index contributed by atoms with van der Waals surface area (Å²) in [5.74, 6) is 0. The molecule has 0 spiro atoms. The normalized spacial score (nSPS) is 12.8. The Bertz CT molecular complexity index is 3250. The fraction of sp³-hybridized carbons (Fsp3) is 0.0492. The van der Waals surface area contributed by atoms with E-state index in [1.165, 1.54) is 105 Å². The van der Waals surface area contributed by atoms with Gasteiger partial charge in [0.25, 0.3) is 0 Å². The van der Waals surface area contributed by atoms with Crippen molar-refractivity contribution in [3.05, 3.63) is 236 Å². The van der Waals surface area contributed by atoms with Gasteiger partial charge in [-0.15, -0.1) is 0 Å². The molecule has 292 valence electrons. The molecule has 0 N–H and O–H groups in total. The summed E-state index contributed by atoms with van der Waals surface area (Å²) in [7, 11) is 0. The predicted molar refractivity (Wildman–Crippen MR) is 262 cm³/mol. The highest BCUT2D eigenvalue weighted by atomic mass is 15.1. The maximum absolute atomic E-state index is 2.46. The zero-order valence-electron chi connectivity index (χ0n) is 34.8. The molecule has 12 rings (SSSR count). The van der Waals surface area contributed by atoms with Crippen molar-refractivity contribution in [2.75, 3.05) is 4.90 Å².